The molecule has 0 amide bonds. The van der Waals surface area contributed by atoms with Crippen LogP contribution in [0.5, 0.6) is 0 Å². The predicted octanol–water partition coefficient (Wildman–Crippen LogP) is 6.41. The summed E-state index contributed by atoms with van der Waals surface area (Å²) in [6, 6.07) is 34.1. The molecule has 6 rings (SSSR count). The maximum Gasteiger partial charge on any atom is 0.220 e. The first-order valence-electron chi connectivity index (χ1n) is 9.84. The van der Waals surface area contributed by atoms with Gasteiger partial charge >= 0.3 is 0 Å². The summed E-state index contributed by atoms with van der Waals surface area (Å²) in [6.07, 6.45) is 0. The summed E-state index contributed by atoms with van der Waals surface area (Å²) in [5.74, 6) is 0.942. The molecular formula is C26H19N3. The van der Waals surface area contributed by atoms with Gasteiger partial charge in [-0.1, -0.05) is 60.7 Å². The molecular weight excluding hydrogens is 354 g/mol. The first-order chi connectivity index (χ1) is 14.3. The summed E-state index contributed by atoms with van der Waals surface area (Å²) < 4.78 is 4.53. The first-order valence-corrected chi connectivity index (χ1v) is 9.84. The number of imidazole rings is 2. The van der Waals surface area contributed by atoms with Crippen LogP contribution < -0.4 is 0 Å². The van der Waals surface area contributed by atoms with E-state index >= 15 is 0 Å². The van der Waals surface area contributed by atoms with Gasteiger partial charge in [0.1, 0.15) is 0 Å². The van der Waals surface area contributed by atoms with Crippen molar-refractivity contribution >= 4 is 27.8 Å². The number of nitrogens with zero attached hydrogens (tertiary/aromatic N) is 3. The third-order valence-electron chi connectivity index (χ3n) is 5.57. The van der Waals surface area contributed by atoms with Crippen LogP contribution in [0.1, 0.15) is 5.56 Å². The highest BCUT2D eigenvalue weighted by molar-refractivity contribution is 5.93. The molecule has 4 aromatic carbocycles. The highest BCUT2D eigenvalue weighted by Gasteiger charge is 2.17. The number of aryl methyl sites for hydroxylation is 1. The second-order valence-electron chi connectivity index (χ2n) is 7.48. The van der Waals surface area contributed by atoms with Gasteiger partial charge in [-0.15, -0.1) is 0 Å². The summed E-state index contributed by atoms with van der Waals surface area (Å²) in [7, 11) is 0. The largest absolute Gasteiger partial charge is 0.278 e. The van der Waals surface area contributed by atoms with Gasteiger partial charge in [0.2, 0.25) is 5.78 Å². The lowest BCUT2D eigenvalue weighted by molar-refractivity contribution is 1.10. The highest BCUT2D eigenvalue weighted by Crippen LogP contribution is 2.31. The predicted molar refractivity (Wildman–Crippen MR) is 120 cm³/mol. The van der Waals surface area contributed by atoms with E-state index in [0.717, 1.165) is 33.5 Å². The molecule has 0 unspecified atom stereocenters. The van der Waals surface area contributed by atoms with E-state index < -0.39 is 0 Å². The van der Waals surface area contributed by atoms with Crippen LogP contribution in [0, 0.1) is 6.92 Å². The van der Waals surface area contributed by atoms with Gasteiger partial charge in [0, 0.05) is 5.69 Å². The van der Waals surface area contributed by atoms with Crippen LogP contribution in [-0.4, -0.2) is 14.0 Å². The van der Waals surface area contributed by atoms with E-state index in [1.165, 1.54) is 16.7 Å². The van der Waals surface area contributed by atoms with Crippen molar-refractivity contribution in [3.63, 3.8) is 0 Å². The van der Waals surface area contributed by atoms with Crippen molar-refractivity contribution in [2.75, 3.05) is 0 Å². The van der Waals surface area contributed by atoms with Crippen molar-refractivity contribution in [3.8, 4) is 16.8 Å². The molecule has 2 heterocycles. The molecule has 0 aliphatic carbocycles. The molecule has 0 fully saturated rings. The Hall–Kier alpha value is -3.85. The Morgan fingerprint density at radius 3 is 2.24 bits per heavy atom. The van der Waals surface area contributed by atoms with Crippen LogP contribution in [0.3, 0.4) is 0 Å². The van der Waals surface area contributed by atoms with Crippen LogP contribution in [0.15, 0.2) is 97.1 Å². The van der Waals surface area contributed by atoms with Gasteiger partial charge in [0.05, 0.1) is 22.1 Å². The Bertz CT molecular complexity index is 1500. The first kappa shape index (κ1) is 16.1. The summed E-state index contributed by atoms with van der Waals surface area (Å²) in [5, 5.41) is 0. The topological polar surface area (TPSA) is 22.2 Å². The van der Waals surface area contributed by atoms with E-state index in [4.69, 9.17) is 4.98 Å². The zero-order valence-corrected chi connectivity index (χ0v) is 16.1. The SMILES string of the molecule is Cc1cccc(-n2c3ccccc3n3c4cc(-c5ccccc5)ccc4nc23)c1. The molecule has 0 saturated carbocycles. The highest BCUT2D eigenvalue weighted by atomic mass is 15.2. The minimum atomic E-state index is 0.942. The van der Waals surface area contributed by atoms with Gasteiger partial charge < -0.3 is 0 Å². The van der Waals surface area contributed by atoms with Gasteiger partial charge in [-0.3, -0.25) is 8.97 Å². The normalized spacial score (nSPS) is 11.6. The van der Waals surface area contributed by atoms with Gasteiger partial charge in [0.15, 0.2) is 0 Å². The lowest BCUT2D eigenvalue weighted by Crippen LogP contribution is -1.95. The third kappa shape index (κ3) is 2.41. The molecule has 0 N–H and O–H groups in total. The molecule has 0 bridgehead atoms. The number of fused-ring (bicyclic) bond motifs is 5. The van der Waals surface area contributed by atoms with Gasteiger partial charge in [0.25, 0.3) is 0 Å². The molecule has 0 spiro atoms. The molecule has 3 nitrogen and oxygen atoms in total. The second-order valence-corrected chi connectivity index (χ2v) is 7.48. The Kier molecular flexibility index (Phi) is 3.38. The quantitative estimate of drug-likeness (QED) is 0.344. The number of benzene rings is 4. The standard InChI is InChI=1S/C26H19N3/c1-18-8-7-11-21(16-18)28-23-12-5-6-13-24(23)29-25-17-20(19-9-3-2-4-10-19)14-15-22(25)27-26(28)29/h2-17H,1H3. The number of rotatable bonds is 2. The number of hydrogen-bond donors (Lipinski definition) is 0. The van der Waals surface area contributed by atoms with Crippen LogP contribution in [-0.2, 0) is 0 Å². The lowest BCUT2D eigenvalue weighted by Gasteiger charge is -2.05. The van der Waals surface area contributed by atoms with Crippen LogP contribution in [0.4, 0.5) is 0 Å². The molecule has 0 aliphatic heterocycles. The zero-order chi connectivity index (χ0) is 19.4. The van der Waals surface area contributed by atoms with Crippen molar-refractivity contribution in [1.82, 2.24) is 14.0 Å². The lowest BCUT2D eigenvalue weighted by atomic mass is 10.1. The van der Waals surface area contributed by atoms with Gasteiger partial charge in [-0.25, -0.2) is 4.98 Å². The Balaban J connectivity index is 1.73. The van der Waals surface area contributed by atoms with Crippen molar-refractivity contribution in [2.45, 2.75) is 6.92 Å². The second kappa shape index (κ2) is 6.08. The summed E-state index contributed by atoms with van der Waals surface area (Å²) >= 11 is 0. The Morgan fingerprint density at radius 1 is 0.621 bits per heavy atom. The average Bonchev–Trinajstić information content (AvgIpc) is 3.28. The van der Waals surface area contributed by atoms with E-state index in [0.29, 0.717) is 0 Å². The van der Waals surface area contributed by atoms with E-state index in [1.807, 2.05) is 0 Å². The van der Waals surface area contributed by atoms with Crippen molar-refractivity contribution in [1.29, 1.82) is 0 Å². The van der Waals surface area contributed by atoms with E-state index in [-0.39, 0.29) is 0 Å². The minimum absolute atomic E-state index is 0.942. The summed E-state index contributed by atoms with van der Waals surface area (Å²) in [4.78, 5) is 5.02. The van der Waals surface area contributed by atoms with Crippen LogP contribution in [0.2, 0.25) is 0 Å². The van der Waals surface area contributed by atoms with Crippen molar-refractivity contribution in [3.05, 3.63) is 103 Å². The van der Waals surface area contributed by atoms with Crippen molar-refractivity contribution in [2.24, 2.45) is 0 Å². The van der Waals surface area contributed by atoms with Crippen molar-refractivity contribution < 1.29 is 0 Å². The number of para-hydroxylation sites is 2. The van der Waals surface area contributed by atoms with E-state index in [2.05, 4.69) is 113 Å². The average molecular weight is 373 g/mol. The fourth-order valence-corrected chi connectivity index (χ4v) is 4.23. The molecule has 2 aromatic heterocycles. The molecule has 3 heteroatoms. The molecule has 0 atom stereocenters. The smallest absolute Gasteiger partial charge is 0.220 e. The number of hydrogen-bond acceptors (Lipinski definition) is 1. The molecule has 6 aromatic rings. The molecule has 0 radical (unpaired) electrons. The zero-order valence-electron chi connectivity index (χ0n) is 16.1. The maximum atomic E-state index is 5.02. The molecule has 0 saturated heterocycles. The number of aromatic nitrogens is 3. The fraction of sp³-hybridized carbons (Fsp3) is 0.0385. The van der Waals surface area contributed by atoms with E-state index in [9.17, 15) is 0 Å². The molecule has 138 valence electrons. The summed E-state index contributed by atoms with van der Waals surface area (Å²) in [5.41, 5.74) is 9.25. The summed E-state index contributed by atoms with van der Waals surface area (Å²) in [6.45, 7) is 2.13. The maximum absolute atomic E-state index is 5.02. The Labute approximate surface area is 168 Å². The molecule has 0 aliphatic rings. The van der Waals surface area contributed by atoms with Crippen LogP contribution in [0.25, 0.3) is 44.7 Å². The fourth-order valence-electron chi connectivity index (χ4n) is 4.23. The minimum Gasteiger partial charge on any atom is -0.278 e. The monoisotopic (exact) mass is 373 g/mol. The Morgan fingerprint density at radius 2 is 1.41 bits per heavy atom. The van der Waals surface area contributed by atoms with E-state index in [1.54, 1.807) is 0 Å². The van der Waals surface area contributed by atoms with Gasteiger partial charge in [-0.2, -0.15) is 0 Å². The van der Waals surface area contributed by atoms with Crippen LogP contribution >= 0.6 is 0 Å². The third-order valence-corrected chi connectivity index (χ3v) is 5.57. The molecule has 29 heavy (non-hydrogen) atoms. The van der Waals surface area contributed by atoms with Gasteiger partial charge in [-0.05, 0) is 60.0 Å².